The number of ether oxygens (including phenoxy) is 3. The van der Waals surface area contributed by atoms with Gasteiger partial charge in [-0.2, -0.15) is 0 Å². The number of rotatable bonds is 43. The van der Waals surface area contributed by atoms with Crippen molar-refractivity contribution >= 4 is 17.9 Å². The van der Waals surface area contributed by atoms with E-state index in [1.165, 1.54) is 70.6 Å². The van der Waals surface area contributed by atoms with Gasteiger partial charge in [-0.05, 0) is 77.0 Å². The van der Waals surface area contributed by atoms with Crippen LogP contribution in [-0.2, 0) is 28.6 Å². The number of hydrogen-bond acceptors (Lipinski definition) is 6. The average Bonchev–Trinajstić information content (AvgIpc) is 3.22. The molecular weight excluding hydrogens is 763 g/mol. The van der Waals surface area contributed by atoms with Crippen LogP contribution in [-0.4, -0.2) is 80.6 Å². The molecule has 0 spiro atoms. The molecule has 8 heteroatoms. The lowest BCUT2D eigenvalue weighted by atomic mass is 10.0. The highest BCUT2D eigenvalue weighted by molar-refractivity contribution is 5.72. The molecule has 350 valence electrons. The molecule has 0 aromatic rings. The Labute approximate surface area is 374 Å². The number of carbonyl (C=O) groups is 3. The van der Waals surface area contributed by atoms with Crippen molar-refractivity contribution in [1.82, 2.24) is 0 Å². The lowest BCUT2D eigenvalue weighted by Gasteiger charge is -2.31. The normalized spacial score (nSPS) is 13.5. The fourth-order valence-electron chi connectivity index (χ4n) is 6.80. The monoisotopic (exact) mass is 855 g/mol. The zero-order valence-electron chi connectivity index (χ0n) is 39.8. The van der Waals surface area contributed by atoms with Crippen molar-refractivity contribution in [3.05, 3.63) is 72.9 Å². The van der Waals surface area contributed by atoms with E-state index in [2.05, 4.69) is 86.8 Å². The standard InChI is InChI=1S/C53H91NO7/c1-6-8-10-12-14-16-18-20-22-23-24-25-26-27-28-29-30-32-34-36-38-40-42-44-52(56)61-49(47-59-46-45-50(53(57)58)54(3,4)5)48-60-51(55)43-41-39-37-35-33-31-21-19-17-15-13-11-9-7-2/h8,10,13-16,19-22,24-25,49-50H,6-7,9,11-12,17-18,23,26-48H2,1-5H3/p+1/b10-8-,15-13-,16-14-,21-19-,22-20-,25-24-. The van der Waals surface area contributed by atoms with Gasteiger partial charge in [-0.1, -0.05) is 170 Å². The number of hydrogen-bond donors (Lipinski definition) is 1. The summed E-state index contributed by atoms with van der Waals surface area (Å²) >= 11 is 0. The summed E-state index contributed by atoms with van der Waals surface area (Å²) in [4.78, 5) is 37.1. The second-order valence-electron chi connectivity index (χ2n) is 17.3. The molecule has 0 amide bonds. The molecule has 0 aliphatic carbocycles. The van der Waals surface area contributed by atoms with E-state index in [0.29, 0.717) is 19.3 Å². The van der Waals surface area contributed by atoms with E-state index < -0.39 is 18.1 Å². The van der Waals surface area contributed by atoms with Crippen LogP contribution in [0.4, 0.5) is 0 Å². The van der Waals surface area contributed by atoms with E-state index in [0.717, 1.165) is 89.9 Å². The minimum absolute atomic E-state index is 0.0521. The van der Waals surface area contributed by atoms with Crippen molar-refractivity contribution in [3.63, 3.8) is 0 Å². The summed E-state index contributed by atoms with van der Waals surface area (Å²) < 4.78 is 17.3. The Balaban J connectivity index is 4.27. The highest BCUT2D eigenvalue weighted by Crippen LogP contribution is 2.14. The smallest absolute Gasteiger partial charge is 0.362 e. The first-order chi connectivity index (χ1) is 29.6. The second kappa shape index (κ2) is 43.4. The van der Waals surface area contributed by atoms with Crippen LogP contribution in [0.2, 0.25) is 0 Å². The number of carboxylic acids is 1. The summed E-state index contributed by atoms with van der Waals surface area (Å²) in [6.07, 6.45) is 55.2. The summed E-state index contributed by atoms with van der Waals surface area (Å²) in [5, 5.41) is 9.64. The van der Waals surface area contributed by atoms with Crippen molar-refractivity contribution < 1.29 is 38.2 Å². The maximum atomic E-state index is 12.8. The first-order valence-electron chi connectivity index (χ1n) is 24.5. The Morgan fingerprint density at radius 3 is 1.36 bits per heavy atom. The van der Waals surface area contributed by atoms with Gasteiger partial charge in [0, 0.05) is 19.3 Å². The number of carbonyl (C=O) groups excluding carboxylic acids is 2. The first kappa shape index (κ1) is 57.8. The van der Waals surface area contributed by atoms with E-state index in [9.17, 15) is 19.5 Å². The highest BCUT2D eigenvalue weighted by Gasteiger charge is 2.31. The third-order valence-corrected chi connectivity index (χ3v) is 10.6. The first-order valence-corrected chi connectivity index (χ1v) is 24.5. The van der Waals surface area contributed by atoms with Crippen molar-refractivity contribution in [2.75, 3.05) is 41.0 Å². The molecule has 0 aromatic heterocycles. The molecule has 0 heterocycles. The van der Waals surface area contributed by atoms with Gasteiger partial charge in [-0.3, -0.25) is 9.59 Å². The number of likely N-dealkylation sites (N-methyl/N-ethyl adjacent to an activating group) is 1. The molecule has 0 radical (unpaired) electrons. The van der Waals surface area contributed by atoms with E-state index in [1.807, 2.05) is 21.1 Å². The molecule has 0 rings (SSSR count). The number of carboxylic acid groups (broad SMARTS) is 1. The number of quaternary nitrogens is 1. The Morgan fingerprint density at radius 1 is 0.508 bits per heavy atom. The molecule has 0 fully saturated rings. The predicted molar refractivity (Wildman–Crippen MR) is 257 cm³/mol. The van der Waals surface area contributed by atoms with Crippen LogP contribution in [0.1, 0.15) is 194 Å². The van der Waals surface area contributed by atoms with Gasteiger partial charge in [0.25, 0.3) is 0 Å². The number of allylic oxidation sites excluding steroid dienone is 12. The zero-order chi connectivity index (χ0) is 44.9. The van der Waals surface area contributed by atoms with E-state index >= 15 is 0 Å². The maximum Gasteiger partial charge on any atom is 0.362 e. The summed E-state index contributed by atoms with van der Waals surface area (Å²) in [7, 11) is 5.52. The van der Waals surface area contributed by atoms with Gasteiger partial charge in [-0.15, -0.1) is 0 Å². The fraction of sp³-hybridized carbons (Fsp3) is 0.717. The van der Waals surface area contributed by atoms with Crippen LogP contribution in [0.5, 0.6) is 0 Å². The van der Waals surface area contributed by atoms with Crippen molar-refractivity contribution in [2.24, 2.45) is 0 Å². The Hall–Kier alpha value is -3.23. The molecule has 8 nitrogen and oxygen atoms in total. The van der Waals surface area contributed by atoms with E-state index in [-0.39, 0.29) is 36.2 Å². The number of aliphatic carboxylic acids is 1. The quantitative estimate of drug-likeness (QED) is 0.0282. The molecule has 2 unspecified atom stereocenters. The summed E-state index contributed by atoms with van der Waals surface area (Å²) in [6.45, 7) is 4.56. The summed E-state index contributed by atoms with van der Waals surface area (Å²) in [5.41, 5.74) is 0. The van der Waals surface area contributed by atoms with Crippen molar-refractivity contribution in [2.45, 2.75) is 206 Å². The summed E-state index contributed by atoms with van der Waals surface area (Å²) in [5.74, 6) is -1.49. The second-order valence-corrected chi connectivity index (χ2v) is 17.3. The zero-order valence-corrected chi connectivity index (χ0v) is 39.8. The third-order valence-electron chi connectivity index (χ3n) is 10.6. The molecule has 0 aliphatic rings. The molecule has 0 bridgehead atoms. The van der Waals surface area contributed by atoms with Crippen LogP contribution in [0.15, 0.2) is 72.9 Å². The number of nitrogens with zero attached hydrogens (tertiary/aromatic N) is 1. The molecule has 0 aromatic carbocycles. The van der Waals surface area contributed by atoms with Crippen molar-refractivity contribution in [1.29, 1.82) is 0 Å². The molecule has 61 heavy (non-hydrogen) atoms. The largest absolute Gasteiger partial charge is 0.477 e. The fourth-order valence-corrected chi connectivity index (χ4v) is 6.80. The SMILES string of the molecule is CC/C=C\C/C=C\C/C=C\C/C=C\CCCCCCCCCCCCC(=O)OC(COCCC(C(=O)O)[N+](C)(C)C)COC(=O)CCCCCCC/C=C\C/C=C\CCCC. The average molecular weight is 855 g/mol. The van der Waals surface area contributed by atoms with Gasteiger partial charge in [0.15, 0.2) is 12.1 Å². The Kier molecular flexibility index (Phi) is 41.1. The van der Waals surface area contributed by atoms with Gasteiger partial charge in [0.05, 0.1) is 34.4 Å². The van der Waals surface area contributed by atoms with E-state index in [4.69, 9.17) is 14.2 Å². The molecule has 1 N–H and O–H groups in total. The number of esters is 2. The van der Waals surface area contributed by atoms with Gasteiger partial charge in [0.1, 0.15) is 6.61 Å². The Bertz CT molecular complexity index is 1230. The lowest BCUT2D eigenvalue weighted by Crippen LogP contribution is -2.50. The van der Waals surface area contributed by atoms with Gasteiger partial charge in [0.2, 0.25) is 0 Å². The molecule has 0 saturated heterocycles. The molecule has 0 saturated carbocycles. The molecular formula is C53H92NO7+. The minimum Gasteiger partial charge on any atom is -0.477 e. The minimum atomic E-state index is -0.879. The third kappa shape index (κ3) is 41.9. The van der Waals surface area contributed by atoms with Crippen LogP contribution >= 0.6 is 0 Å². The van der Waals surface area contributed by atoms with Gasteiger partial charge >= 0.3 is 17.9 Å². The van der Waals surface area contributed by atoms with Gasteiger partial charge in [-0.25, -0.2) is 4.79 Å². The topological polar surface area (TPSA) is 99.1 Å². The van der Waals surface area contributed by atoms with Crippen LogP contribution in [0, 0.1) is 0 Å². The van der Waals surface area contributed by atoms with Crippen LogP contribution in [0.3, 0.4) is 0 Å². The highest BCUT2D eigenvalue weighted by atomic mass is 16.6. The molecule has 0 aliphatic heterocycles. The van der Waals surface area contributed by atoms with E-state index in [1.54, 1.807) is 0 Å². The van der Waals surface area contributed by atoms with Crippen LogP contribution < -0.4 is 0 Å². The maximum absolute atomic E-state index is 12.8. The van der Waals surface area contributed by atoms with Gasteiger partial charge < -0.3 is 23.8 Å². The predicted octanol–water partition coefficient (Wildman–Crippen LogP) is 13.9. The van der Waals surface area contributed by atoms with Crippen molar-refractivity contribution in [3.8, 4) is 0 Å². The molecule has 2 atom stereocenters. The Morgan fingerprint density at radius 2 is 0.918 bits per heavy atom. The number of unbranched alkanes of at least 4 members (excludes halogenated alkanes) is 17. The van der Waals surface area contributed by atoms with Crippen LogP contribution in [0.25, 0.3) is 0 Å². The summed E-state index contributed by atoms with van der Waals surface area (Å²) in [6, 6.07) is -0.620. The lowest BCUT2D eigenvalue weighted by molar-refractivity contribution is -0.887.